The van der Waals surface area contributed by atoms with Gasteiger partial charge in [-0.25, -0.2) is 5.01 Å². The smallest absolute Gasteiger partial charge is 0.237 e. The fourth-order valence-corrected chi connectivity index (χ4v) is 3.63. The number of hydrogen-bond donors (Lipinski definition) is 0. The second kappa shape index (κ2) is 6.58. The molecule has 1 aromatic rings. The molecular formula is C17H24N2O2. The van der Waals surface area contributed by atoms with Crippen LogP contribution in [0.4, 0.5) is 0 Å². The van der Waals surface area contributed by atoms with Crippen molar-refractivity contribution in [3.63, 3.8) is 0 Å². The van der Waals surface area contributed by atoms with Crippen molar-refractivity contribution >= 4 is 5.91 Å². The quantitative estimate of drug-likeness (QED) is 0.854. The van der Waals surface area contributed by atoms with Crippen LogP contribution in [0.3, 0.4) is 0 Å². The molecule has 2 saturated heterocycles. The minimum Gasteiger partial charge on any atom is -0.383 e. The van der Waals surface area contributed by atoms with Crippen molar-refractivity contribution in [2.24, 2.45) is 0 Å². The third kappa shape index (κ3) is 2.97. The average molecular weight is 288 g/mol. The SMILES string of the molecule is COC[C@@H]1CCCN1N1C(=O)CCC[C@H]1c1ccccc1. The number of ether oxygens (including phenoxy) is 1. The van der Waals surface area contributed by atoms with E-state index in [-0.39, 0.29) is 11.9 Å². The number of amides is 1. The van der Waals surface area contributed by atoms with Crippen molar-refractivity contribution in [2.45, 2.75) is 44.2 Å². The Morgan fingerprint density at radius 3 is 2.76 bits per heavy atom. The molecule has 0 N–H and O–H groups in total. The Kier molecular flexibility index (Phi) is 4.56. The number of benzene rings is 1. The molecule has 114 valence electrons. The van der Waals surface area contributed by atoms with Crippen molar-refractivity contribution in [1.29, 1.82) is 0 Å². The molecule has 4 nitrogen and oxygen atoms in total. The van der Waals surface area contributed by atoms with Crippen LogP contribution in [0.25, 0.3) is 0 Å². The average Bonchev–Trinajstić information content (AvgIpc) is 2.96. The van der Waals surface area contributed by atoms with E-state index in [0.717, 1.165) is 32.2 Å². The monoisotopic (exact) mass is 288 g/mol. The molecule has 0 spiro atoms. The molecule has 2 fully saturated rings. The van der Waals surface area contributed by atoms with Crippen LogP contribution in [0.2, 0.25) is 0 Å². The first-order valence-electron chi connectivity index (χ1n) is 7.93. The molecule has 2 atom stereocenters. The second-order valence-electron chi connectivity index (χ2n) is 5.97. The standard InChI is InChI=1S/C17H24N2O2/c1-21-13-15-9-6-12-18(15)19-16(10-5-11-17(19)20)14-7-3-2-4-8-14/h2-4,7-8,15-16H,5-6,9-13H2,1H3/t15-,16-/m0/s1. The first-order chi connectivity index (χ1) is 10.3. The van der Waals surface area contributed by atoms with Gasteiger partial charge >= 0.3 is 0 Å². The van der Waals surface area contributed by atoms with Crippen molar-refractivity contribution < 1.29 is 9.53 Å². The predicted octanol–water partition coefficient (Wildman–Crippen LogP) is 2.77. The highest BCUT2D eigenvalue weighted by Gasteiger charge is 2.38. The van der Waals surface area contributed by atoms with Gasteiger partial charge in [0.25, 0.3) is 0 Å². The molecular weight excluding hydrogens is 264 g/mol. The zero-order chi connectivity index (χ0) is 14.7. The van der Waals surface area contributed by atoms with Gasteiger partial charge in [0.2, 0.25) is 5.91 Å². The first-order valence-corrected chi connectivity index (χ1v) is 7.93. The van der Waals surface area contributed by atoms with E-state index in [9.17, 15) is 4.79 Å². The van der Waals surface area contributed by atoms with Crippen LogP contribution in [0.1, 0.15) is 43.7 Å². The maximum Gasteiger partial charge on any atom is 0.237 e. The number of rotatable bonds is 4. The maximum atomic E-state index is 12.6. The van der Waals surface area contributed by atoms with Gasteiger partial charge in [-0.2, -0.15) is 0 Å². The molecule has 1 aromatic carbocycles. The lowest BCUT2D eigenvalue weighted by atomic mass is 9.96. The highest BCUT2D eigenvalue weighted by atomic mass is 16.5. The molecule has 0 bridgehead atoms. The van der Waals surface area contributed by atoms with Gasteiger partial charge in [-0.3, -0.25) is 9.80 Å². The Labute approximate surface area is 126 Å². The van der Waals surface area contributed by atoms with E-state index in [1.165, 1.54) is 5.56 Å². The van der Waals surface area contributed by atoms with Crippen molar-refractivity contribution in [1.82, 2.24) is 10.0 Å². The Morgan fingerprint density at radius 2 is 2.00 bits per heavy atom. The van der Waals surface area contributed by atoms with Crippen LogP contribution < -0.4 is 0 Å². The van der Waals surface area contributed by atoms with Gasteiger partial charge in [0.05, 0.1) is 18.7 Å². The number of piperidine rings is 1. The summed E-state index contributed by atoms with van der Waals surface area (Å²) in [5, 5.41) is 4.30. The van der Waals surface area contributed by atoms with Gasteiger partial charge in [-0.1, -0.05) is 30.3 Å². The normalized spacial score (nSPS) is 27.3. The summed E-state index contributed by atoms with van der Waals surface area (Å²) < 4.78 is 5.34. The van der Waals surface area contributed by atoms with Crippen LogP contribution >= 0.6 is 0 Å². The van der Waals surface area contributed by atoms with Crippen LogP contribution in [0, 0.1) is 0 Å². The zero-order valence-corrected chi connectivity index (χ0v) is 12.7. The third-order valence-electron chi connectivity index (χ3n) is 4.59. The van der Waals surface area contributed by atoms with E-state index in [4.69, 9.17) is 4.74 Å². The van der Waals surface area contributed by atoms with E-state index < -0.39 is 0 Å². The highest BCUT2D eigenvalue weighted by Crippen LogP contribution is 2.35. The number of carbonyl (C=O) groups is 1. The van der Waals surface area contributed by atoms with E-state index >= 15 is 0 Å². The number of hydrogen-bond acceptors (Lipinski definition) is 3. The zero-order valence-electron chi connectivity index (χ0n) is 12.7. The summed E-state index contributed by atoms with van der Waals surface area (Å²) in [6, 6.07) is 10.9. The van der Waals surface area contributed by atoms with E-state index in [1.54, 1.807) is 7.11 Å². The van der Waals surface area contributed by atoms with Gasteiger partial charge in [0.15, 0.2) is 0 Å². The molecule has 1 amide bonds. The summed E-state index contributed by atoms with van der Waals surface area (Å²) in [6.07, 6.45) is 4.95. The molecule has 0 radical (unpaired) electrons. The summed E-state index contributed by atoms with van der Waals surface area (Å²) in [7, 11) is 1.74. The number of methoxy groups -OCH3 is 1. The molecule has 2 aliphatic heterocycles. The molecule has 0 aliphatic carbocycles. The largest absolute Gasteiger partial charge is 0.383 e. The lowest BCUT2D eigenvalue weighted by molar-refractivity contribution is -0.165. The van der Waals surface area contributed by atoms with Gasteiger partial charge in [0, 0.05) is 20.1 Å². The summed E-state index contributed by atoms with van der Waals surface area (Å²) in [5.41, 5.74) is 1.24. The summed E-state index contributed by atoms with van der Waals surface area (Å²) >= 11 is 0. The molecule has 2 aliphatic rings. The van der Waals surface area contributed by atoms with Gasteiger partial charge in [0.1, 0.15) is 0 Å². The lowest BCUT2D eigenvalue weighted by Gasteiger charge is -2.44. The Balaban J connectivity index is 1.86. The second-order valence-corrected chi connectivity index (χ2v) is 5.97. The topological polar surface area (TPSA) is 32.8 Å². The minimum atomic E-state index is 0.185. The summed E-state index contributed by atoms with van der Waals surface area (Å²) in [5.74, 6) is 0.262. The van der Waals surface area contributed by atoms with Gasteiger partial charge < -0.3 is 4.74 Å². The summed E-state index contributed by atoms with van der Waals surface area (Å²) in [4.78, 5) is 12.6. The van der Waals surface area contributed by atoms with E-state index in [0.29, 0.717) is 19.1 Å². The van der Waals surface area contributed by atoms with Crippen LogP contribution in [-0.4, -0.2) is 42.2 Å². The number of nitrogens with zero attached hydrogens (tertiary/aromatic N) is 2. The van der Waals surface area contributed by atoms with Crippen molar-refractivity contribution in [2.75, 3.05) is 20.3 Å². The first kappa shape index (κ1) is 14.5. The minimum absolute atomic E-state index is 0.185. The molecule has 0 saturated carbocycles. The summed E-state index contributed by atoms with van der Waals surface area (Å²) in [6.45, 7) is 1.66. The number of carbonyl (C=O) groups excluding carboxylic acids is 1. The van der Waals surface area contributed by atoms with E-state index in [1.807, 2.05) is 11.1 Å². The Bertz CT molecular complexity index is 477. The molecule has 21 heavy (non-hydrogen) atoms. The molecule has 0 aromatic heterocycles. The van der Waals surface area contributed by atoms with Gasteiger partial charge in [-0.05, 0) is 31.2 Å². The van der Waals surface area contributed by atoms with E-state index in [2.05, 4.69) is 29.3 Å². The molecule has 3 rings (SSSR count). The number of hydrazine groups is 1. The van der Waals surface area contributed by atoms with Crippen LogP contribution in [0.15, 0.2) is 30.3 Å². The van der Waals surface area contributed by atoms with Crippen molar-refractivity contribution in [3.05, 3.63) is 35.9 Å². The van der Waals surface area contributed by atoms with Gasteiger partial charge in [-0.15, -0.1) is 0 Å². The molecule has 4 heteroatoms. The Hall–Kier alpha value is -1.39. The highest BCUT2D eigenvalue weighted by molar-refractivity contribution is 5.77. The molecule has 2 heterocycles. The lowest BCUT2D eigenvalue weighted by Crippen LogP contribution is -2.53. The predicted molar refractivity (Wildman–Crippen MR) is 81.5 cm³/mol. The van der Waals surface area contributed by atoms with Crippen LogP contribution in [0.5, 0.6) is 0 Å². The fourth-order valence-electron chi connectivity index (χ4n) is 3.63. The van der Waals surface area contributed by atoms with Crippen LogP contribution in [-0.2, 0) is 9.53 Å². The Morgan fingerprint density at radius 1 is 1.19 bits per heavy atom. The third-order valence-corrected chi connectivity index (χ3v) is 4.59. The fraction of sp³-hybridized carbons (Fsp3) is 0.588. The van der Waals surface area contributed by atoms with Crippen molar-refractivity contribution in [3.8, 4) is 0 Å². The molecule has 0 unspecified atom stereocenters. The maximum absolute atomic E-state index is 12.6.